The number of benzene rings is 2. The van der Waals surface area contributed by atoms with Crippen LogP contribution in [0.1, 0.15) is 22.3 Å². The van der Waals surface area contributed by atoms with E-state index in [1.54, 1.807) is 36.4 Å². The predicted molar refractivity (Wildman–Crippen MR) is 101 cm³/mol. The highest BCUT2D eigenvalue weighted by molar-refractivity contribution is 7.93. The van der Waals surface area contributed by atoms with Gasteiger partial charge in [0.25, 0.3) is 5.91 Å². The van der Waals surface area contributed by atoms with E-state index in [0.29, 0.717) is 18.7 Å². The van der Waals surface area contributed by atoms with Crippen LogP contribution in [0.5, 0.6) is 0 Å². The number of carbonyl (C=O) groups is 2. The van der Waals surface area contributed by atoms with Crippen LogP contribution in [0.25, 0.3) is 0 Å². The fourth-order valence-electron chi connectivity index (χ4n) is 3.02. The van der Waals surface area contributed by atoms with Crippen molar-refractivity contribution in [3.05, 3.63) is 65.7 Å². The van der Waals surface area contributed by atoms with Gasteiger partial charge < -0.3 is 10.4 Å². The van der Waals surface area contributed by atoms with Gasteiger partial charge >= 0.3 is 5.97 Å². The molecular formula is C19H20N2O5S. The number of nitrogens with zero attached hydrogens (tertiary/aromatic N) is 1. The first-order chi connectivity index (χ1) is 12.9. The SMILES string of the molecule is O=C(N[C@H](Cc1ccccc1)C(=O)O)c1cccc(N2CCCS2(=O)=O)c1. The molecule has 0 bridgehead atoms. The van der Waals surface area contributed by atoms with Crippen LogP contribution in [-0.4, -0.2) is 43.7 Å². The highest BCUT2D eigenvalue weighted by Crippen LogP contribution is 2.24. The summed E-state index contributed by atoms with van der Waals surface area (Å²) in [6, 6.07) is 14.1. The van der Waals surface area contributed by atoms with Gasteiger partial charge in [0.1, 0.15) is 6.04 Å². The van der Waals surface area contributed by atoms with Crippen LogP contribution in [0, 0.1) is 0 Å². The van der Waals surface area contributed by atoms with Gasteiger partial charge in [-0.05, 0) is 30.2 Å². The number of hydrogen-bond donors (Lipinski definition) is 2. The van der Waals surface area contributed by atoms with Crippen molar-refractivity contribution < 1.29 is 23.1 Å². The smallest absolute Gasteiger partial charge is 0.326 e. The van der Waals surface area contributed by atoms with Crippen molar-refractivity contribution in [3.8, 4) is 0 Å². The highest BCUT2D eigenvalue weighted by Gasteiger charge is 2.29. The largest absolute Gasteiger partial charge is 0.480 e. The van der Waals surface area contributed by atoms with Gasteiger partial charge in [0, 0.05) is 18.5 Å². The number of carboxylic acid groups (broad SMARTS) is 1. The lowest BCUT2D eigenvalue weighted by Crippen LogP contribution is -2.42. The van der Waals surface area contributed by atoms with E-state index in [-0.39, 0.29) is 17.7 Å². The fraction of sp³-hybridized carbons (Fsp3) is 0.263. The minimum absolute atomic E-state index is 0.0849. The predicted octanol–water partition coefficient (Wildman–Crippen LogP) is 1.65. The van der Waals surface area contributed by atoms with Gasteiger partial charge in [0.15, 0.2) is 0 Å². The summed E-state index contributed by atoms with van der Waals surface area (Å²) in [5.41, 5.74) is 1.42. The zero-order valence-electron chi connectivity index (χ0n) is 14.5. The van der Waals surface area contributed by atoms with Gasteiger partial charge in [0.2, 0.25) is 10.0 Å². The second-order valence-corrected chi connectivity index (χ2v) is 8.36. The van der Waals surface area contributed by atoms with E-state index >= 15 is 0 Å². The topological polar surface area (TPSA) is 104 Å². The molecule has 0 aliphatic carbocycles. The summed E-state index contributed by atoms with van der Waals surface area (Å²) in [6.07, 6.45) is 0.693. The first kappa shape index (κ1) is 18.9. The number of rotatable bonds is 6. The van der Waals surface area contributed by atoms with E-state index in [4.69, 9.17) is 0 Å². The summed E-state index contributed by atoms with van der Waals surface area (Å²) in [4.78, 5) is 24.1. The molecule has 0 aromatic heterocycles. The maximum absolute atomic E-state index is 12.5. The van der Waals surface area contributed by atoms with Gasteiger partial charge in [0.05, 0.1) is 11.4 Å². The molecule has 2 aromatic carbocycles. The third-order valence-corrected chi connectivity index (χ3v) is 6.25. The number of carbonyl (C=O) groups excluding carboxylic acids is 1. The normalized spacial score (nSPS) is 16.7. The molecule has 142 valence electrons. The lowest BCUT2D eigenvalue weighted by Gasteiger charge is -2.18. The van der Waals surface area contributed by atoms with E-state index in [1.165, 1.54) is 16.4 Å². The maximum Gasteiger partial charge on any atom is 0.326 e. The molecule has 8 heteroatoms. The van der Waals surface area contributed by atoms with E-state index in [1.807, 2.05) is 6.07 Å². The zero-order chi connectivity index (χ0) is 19.4. The van der Waals surface area contributed by atoms with Crippen LogP contribution in [-0.2, 0) is 21.2 Å². The van der Waals surface area contributed by atoms with Crippen LogP contribution in [0.2, 0.25) is 0 Å². The molecule has 1 fully saturated rings. The second-order valence-electron chi connectivity index (χ2n) is 6.35. The Labute approximate surface area is 157 Å². The van der Waals surface area contributed by atoms with Crippen LogP contribution >= 0.6 is 0 Å². The van der Waals surface area contributed by atoms with Crippen LogP contribution in [0.3, 0.4) is 0 Å². The Hall–Kier alpha value is -2.87. The number of carboxylic acids is 1. The third-order valence-electron chi connectivity index (χ3n) is 4.38. The first-order valence-electron chi connectivity index (χ1n) is 8.55. The molecule has 0 radical (unpaired) electrons. The average Bonchev–Trinajstić information content (AvgIpc) is 3.01. The summed E-state index contributed by atoms with van der Waals surface area (Å²) >= 11 is 0. The molecule has 0 unspecified atom stereocenters. The average molecular weight is 388 g/mol. The Kier molecular flexibility index (Phi) is 5.46. The zero-order valence-corrected chi connectivity index (χ0v) is 15.4. The molecule has 7 nitrogen and oxygen atoms in total. The molecule has 1 saturated heterocycles. The van der Waals surface area contributed by atoms with E-state index < -0.39 is 27.9 Å². The Bertz CT molecular complexity index is 944. The molecule has 27 heavy (non-hydrogen) atoms. The highest BCUT2D eigenvalue weighted by atomic mass is 32.2. The van der Waals surface area contributed by atoms with Gasteiger partial charge in [-0.1, -0.05) is 36.4 Å². The van der Waals surface area contributed by atoms with Crippen molar-refractivity contribution in [2.45, 2.75) is 18.9 Å². The maximum atomic E-state index is 12.5. The van der Waals surface area contributed by atoms with Crippen molar-refractivity contribution in [3.63, 3.8) is 0 Å². The van der Waals surface area contributed by atoms with E-state index in [0.717, 1.165) is 5.56 Å². The number of aliphatic carboxylic acids is 1. The molecule has 1 aliphatic heterocycles. The number of sulfonamides is 1. The van der Waals surface area contributed by atoms with E-state index in [2.05, 4.69) is 5.32 Å². The summed E-state index contributed by atoms with van der Waals surface area (Å²) < 4.78 is 25.4. The third kappa shape index (κ3) is 4.46. The minimum atomic E-state index is -3.35. The van der Waals surface area contributed by atoms with Gasteiger partial charge in [-0.25, -0.2) is 13.2 Å². The van der Waals surface area contributed by atoms with Crippen molar-refractivity contribution in [1.29, 1.82) is 0 Å². The summed E-state index contributed by atoms with van der Waals surface area (Å²) in [5.74, 6) is -1.61. The lowest BCUT2D eigenvalue weighted by atomic mass is 10.1. The number of nitrogens with one attached hydrogen (secondary N) is 1. The van der Waals surface area contributed by atoms with Crippen molar-refractivity contribution in [1.82, 2.24) is 5.32 Å². The summed E-state index contributed by atoms with van der Waals surface area (Å²) in [7, 11) is -3.35. The molecule has 2 N–H and O–H groups in total. The van der Waals surface area contributed by atoms with Gasteiger partial charge in [-0.3, -0.25) is 9.10 Å². The number of anilines is 1. The molecule has 0 spiro atoms. The molecule has 1 atom stereocenters. The molecule has 2 aromatic rings. The molecule has 3 rings (SSSR count). The van der Waals surface area contributed by atoms with E-state index in [9.17, 15) is 23.1 Å². The van der Waals surface area contributed by atoms with Gasteiger partial charge in [-0.15, -0.1) is 0 Å². The lowest BCUT2D eigenvalue weighted by molar-refractivity contribution is -0.139. The van der Waals surface area contributed by atoms with Crippen LogP contribution in [0.4, 0.5) is 5.69 Å². The van der Waals surface area contributed by atoms with Crippen LogP contribution in [0.15, 0.2) is 54.6 Å². The van der Waals surface area contributed by atoms with Crippen LogP contribution < -0.4 is 9.62 Å². The first-order valence-corrected chi connectivity index (χ1v) is 10.2. The Morgan fingerprint density at radius 3 is 2.48 bits per heavy atom. The molecule has 1 heterocycles. The van der Waals surface area contributed by atoms with Gasteiger partial charge in [-0.2, -0.15) is 0 Å². The molecule has 0 saturated carbocycles. The fourth-order valence-corrected chi connectivity index (χ4v) is 4.58. The van der Waals surface area contributed by atoms with Crippen molar-refractivity contribution in [2.75, 3.05) is 16.6 Å². The Morgan fingerprint density at radius 1 is 1.11 bits per heavy atom. The second kappa shape index (κ2) is 7.79. The Morgan fingerprint density at radius 2 is 1.85 bits per heavy atom. The quantitative estimate of drug-likeness (QED) is 0.783. The standard InChI is InChI=1S/C19H20N2O5S/c22-18(20-17(19(23)24)12-14-6-2-1-3-7-14)15-8-4-9-16(13-15)21-10-5-11-27(21,25)26/h1-4,6-9,13,17H,5,10-12H2,(H,20,22)(H,23,24)/t17-/m1/s1. The number of amides is 1. The van der Waals surface area contributed by atoms with Crippen molar-refractivity contribution >= 4 is 27.6 Å². The number of hydrogen-bond acceptors (Lipinski definition) is 4. The summed E-state index contributed by atoms with van der Waals surface area (Å²) in [5, 5.41) is 11.9. The Balaban J connectivity index is 1.76. The molecule has 1 amide bonds. The summed E-state index contributed by atoms with van der Waals surface area (Å²) in [6.45, 7) is 0.374. The molecular weight excluding hydrogens is 368 g/mol. The van der Waals surface area contributed by atoms with Crippen molar-refractivity contribution in [2.24, 2.45) is 0 Å². The monoisotopic (exact) mass is 388 g/mol. The minimum Gasteiger partial charge on any atom is -0.480 e. The molecule has 1 aliphatic rings.